The molecule has 104 valence electrons. The number of aryl methyl sites for hydroxylation is 1. The van der Waals surface area contributed by atoms with Crippen LogP contribution in [0.25, 0.3) is 0 Å². The van der Waals surface area contributed by atoms with E-state index in [1.54, 1.807) is 18.3 Å². The Kier molecular flexibility index (Phi) is 4.58. The molecule has 0 spiro atoms. The SMILES string of the molecule is CCOC(=O)CNC(=O)c1cc2c(s1)CCC(C)C2. The molecule has 0 saturated heterocycles. The van der Waals surface area contributed by atoms with Gasteiger partial charge in [0.05, 0.1) is 11.5 Å². The first-order chi connectivity index (χ1) is 9.10. The summed E-state index contributed by atoms with van der Waals surface area (Å²) in [6.07, 6.45) is 3.31. The molecule has 5 heteroatoms. The Labute approximate surface area is 117 Å². The fourth-order valence-corrected chi connectivity index (χ4v) is 3.39. The first-order valence-corrected chi connectivity index (χ1v) is 7.47. The minimum atomic E-state index is -0.397. The first kappa shape index (κ1) is 14.1. The fourth-order valence-electron chi connectivity index (χ4n) is 2.27. The van der Waals surface area contributed by atoms with Crippen LogP contribution in [0.15, 0.2) is 6.07 Å². The molecule has 1 amide bonds. The van der Waals surface area contributed by atoms with E-state index < -0.39 is 5.97 Å². The van der Waals surface area contributed by atoms with E-state index in [-0.39, 0.29) is 12.5 Å². The first-order valence-electron chi connectivity index (χ1n) is 6.65. The van der Waals surface area contributed by atoms with E-state index >= 15 is 0 Å². The normalized spacial score (nSPS) is 17.7. The lowest BCUT2D eigenvalue weighted by Crippen LogP contribution is -2.30. The van der Waals surface area contributed by atoms with Crippen LogP contribution in [0.5, 0.6) is 0 Å². The lowest BCUT2D eigenvalue weighted by atomic mass is 9.90. The molecular formula is C14H19NO3S. The monoisotopic (exact) mass is 281 g/mol. The number of carbonyl (C=O) groups is 2. The van der Waals surface area contributed by atoms with Crippen molar-refractivity contribution in [3.8, 4) is 0 Å². The third-order valence-electron chi connectivity index (χ3n) is 3.25. The largest absolute Gasteiger partial charge is 0.465 e. The Morgan fingerprint density at radius 2 is 2.32 bits per heavy atom. The number of nitrogens with one attached hydrogen (secondary N) is 1. The molecule has 0 fully saturated rings. The van der Waals surface area contributed by atoms with E-state index in [0.29, 0.717) is 17.4 Å². The highest BCUT2D eigenvalue weighted by Crippen LogP contribution is 2.32. The van der Waals surface area contributed by atoms with Gasteiger partial charge in [-0.15, -0.1) is 11.3 Å². The smallest absolute Gasteiger partial charge is 0.325 e. The van der Waals surface area contributed by atoms with Crippen LogP contribution in [0.3, 0.4) is 0 Å². The van der Waals surface area contributed by atoms with Gasteiger partial charge in [0.15, 0.2) is 0 Å². The topological polar surface area (TPSA) is 55.4 Å². The molecule has 1 atom stereocenters. The van der Waals surface area contributed by atoms with E-state index in [0.717, 1.165) is 12.8 Å². The van der Waals surface area contributed by atoms with Crippen molar-refractivity contribution in [3.05, 3.63) is 21.4 Å². The zero-order valence-corrected chi connectivity index (χ0v) is 12.1. The quantitative estimate of drug-likeness (QED) is 0.861. The summed E-state index contributed by atoms with van der Waals surface area (Å²) >= 11 is 1.55. The Morgan fingerprint density at radius 1 is 1.53 bits per heavy atom. The van der Waals surface area contributed by atoms with Gasteiger partial charge < -0.3 is 10.1 Å². The van der Waals surface area contributed by atoms with Gasteiger partial charge in [0.2, 0.25) is 0 Å². The van der Waals surface area contributed by atoms with E-state index in [2.05, 4.69) is 12.2 Å². The number of esters is 1. The van der Waals surface area contributed by atoms with Gasteiger partial charge in [0.1, 0.15) is 6.54 Å². The molecule has 0 aliphatic heterocycles. The predicted octanol–water partition coefficient (Wildman–Crippen LogP) is 2.17. The maximum absolute atomic E-state index is 11.9. The molecule has 1 heterocycles. The highest BCUT2D eigenvalue weighted by molar-refractivity contribution is 7.14. The lowest BCUT2D eigenvalue weighted by molar-refractivity contribution is -0.141. The summed E-state index contributed by atoms with van der Waals surface area (Å²) in [5.74, 6) is 0.114. The summed E-state index contributed by atoms with van der Waals surface area (Å²) in [5.41, 5.74) is 1.30. The van der Waals surface area contributed by atoms with Gasteiger partial charge in [0.25, 0.3) is 5.91 Å². The van der Waals surface area contributed by atoms with Gasteiger partial charge in [-0.3, -0.25) is 9.59 Å². The highest BCUT2D eigenvalue weighted by Gasteiger charge is 2.20. The highest BCUT2D eigenvalue weighted by atomic mass is 32.1. The van der Waals surface area contributed by atoms with Crippen LogP contribution >= 0.6 is 11.3 Å². The summed E-state index contributed by atoms with van der Waals surface area (Å²) < 4.78 is 4.77. The lowest BCUT2D eigenvalue weighted by Gasteiger charge is -2.16. The van der Waals surface area contributed by atoms with Crippen molar-refractivity contribution in [1.82, 2.24) is 5.32 Å². The van der Waals surface area contributed by atoms with Crippen molar-refractivity contribution in [2.45, 2.75) is 33.1 Å². The Balaban J connectivity index is 1.95. The number of fused-ring (bicyclic) bond motifs is 1. The summed E-state index contributed by atoms with van der Waals surface area (Å²) in [6, 6.07) is 1.97. The Hall–Kier alpha value is -1.36. The molecule has 1 unspecified atom stereocenters. The van der Waals surface area contributed by atoms with Crippen LogP contribution in [-0.2, 0) is 22.4 Å². The summed E-state index contributed by atoms with van der Waals surface area (Å²) in [7, 11) is 0. The summed E-state index contributed by atoms with van der Waals surface area (Å²) in [4.78, 5) is 25.1. The third-order valence-corrected chi connectivity index (χ3v) is 4.49. The minimum absolute atomic E-state index is 0.0638. The second kappa shape index (κ2) is 6.19. The molecule has 1 N–H and O–H groups in total. The maximum Gasteiger partial charge on any atom is 0.325 e. The van der Waals surface area contributed by atoms with Crippen LogP contribution in [0, 0.1) is 5.92 Å². The Morgan fingerprint density at radius 3 is 3.05 bits per heavy atom. The second-order valence-electron chi connectivity index (χ2n) is 4.89. The van der Waals surface area contributed by atoms with Crippen LogP contribution in [0.1, 0.15) is 40.4 Å². The van der Waals surface area contributed by atoms with E-state index in [1.165, 1.54) is 16.9 Å². The molecule has 0 saturated carbocycles. The van der Waals surface area contributed by atoms with E-state index in [9.17, 15) is 9.59 Å². The number of carbonyl (C=O) groups excluding carboxylic acids is 2. The van der Waals surface area contributed by atoms with E-state index in [4.69, 9.17) is 4.74 Å². The molecule has 0 radical (unpaired) electrons. The summed E-state index contributed by atoms with van der Waals surface area (Å²) in [6.45, 7) is 4.25. The number of hydrogen-bond donors (Lipinski definition) is 1. The average Bonchev–Trinajstić information content (AvgIpc) is 2.79. The van der Waals surface area contributed by atoms with Gasteiger partial charge in [-0.1, -0.05) is 6.92 Å². The van der Waals surface area contributed by atoms with Crippen molar-refractivity contribution in [3.63, 3.8) is 0 Å². The zero-order chi connectivity index (χ0) is 13.8. The van der Waals surface area contributed by atoms with Crippen molar-refractivity contribution in [1.29, 1.82) is 0 Å². The molecule has 4 nitrogen and oxygen atoms in total. The second-order valence-corrected chi connectivity index (χ2v) is 6.03. The predicted molar refractivity (Wildman–Crippen MR) is 74.5 cm³/mol. The maximum atomic E-state index is 11.9. The average molecular weight is 281 g/mol. The van der Waals surface area contributed by atoms with Crippen LogP contribution < -0.4 is 5.32 Å². The van der Waals surface area contributed by atoms with Crippen molar-refractivity contribution in [2.24, 2.45) is 5.92 Å². The third kappa shape index (κ3) is 3.56. The summed E-state index contributed by atoms with van der Waals surface area (Å²) in [5, 5.41) is 2.60. The standard InChI is InChI=1S/C14H19NO3S/c1-3-18-13(16)8-15-14(17)12-7-10-6-9(2)4-5-11(10)19-12/h7,9H,3-6,8H2,1-2H3,(H,15,17). The molecular weight excluding hydrogens is 262 g/mol. The van der Waals surface area contributed by atoms with Crippen LogP contribution in [-0.4, -0.2) is 25.0 Å². The van der Waals surface area contributed by atoms with Gasteiger partial charge >= 0.3 is 5.97 Å². The van der Waals surface area contributed by atoms with Gasteiger partial charge in [0, 0.05) is 4.88 Å². The molecule has 1 aromatic heterocycles. The van der Waals surface area contributed by atoms with Crippen LogP contribution in [0.4, 0.5) is 0 Å². The molecule has 19 heavy (non-hydrogen) atoms. The van der Waals surface area contributed by atoms with Crippen LogP contribution in [0.2, 0.25) is 0 Å². The molecule has 1 aromatic rings. The molecule has 1 aliphatic carbocycles. The Bertz CT molecular complexity index is 481. The van der Waals surface area contributed by atoms with E-state index in [1.807, 2.05) is 6.07 Å². The number of amides is 1. The van der Waals surface area contributed by atoms with Gasteiger partial charge in [-0.2, -0.15) is 0 Å². The fraction of sp³-hybridized carbons (Fsp3) is 0.571. The van der Waals surface area contributed by atoms with Crippen molar-refractivity contribution < 1.29 is 14.3 Å². The number of ether oxygens (including phenoxy) is 1. The number of rotatable bonds is 4. The number of thiophene rings is 1. The molecule has 0 bridgehead atoms. The minimum Gasteiger partial charge on any atom is -0.465 e. The molecule has 1 aliphatic rings. The number of hydrogen-bond acceptors (Lipinski definition) is 4. The zero-order valence-electron chi connectivity index (χ0n) is 11.3. The van der Waals surface area contributed by atoms with Crippen molar-refractivity contribution >= 4 is 23.2 Å². The van der Waals surface area contributed by atoms with Gasteiger partial charge in [-0.25, -0.2) is 0 Å². The molecule has 0 aromatic carbocycles. The molecule has 2 rings (SSSR count). The van der Waals surface area contributed by atoms with Gasteiger partial charge in [-0.05, 0) is 43.7 Å². The van der Waals surface area contributed by atoms with Crippen molar-refractivity contribution in [2.75, 3.05) is 13.2 Å².